The Hall–Kier alpha value is -0.120. The molecule has 2 N–H and O–H groups in total. The normalized spacial score (nSPS) is 47.2. The number of hydrogen-bond donors (Lipinski definition) is 1. The van der Waals surface area contributed by atoms with Crippen molar-refractivity contribution >= 4 is 0 Å². The minimum atomic E-state index is 0.459. The summed E-state index contributed by atoms with van der Waals surface area (Å²) in [5.41, 5.74) is 5.75. The molecule has 0 radical (unpaired) electrons. The van der Waals surface area contributed by atoms with Gasteiger partial charge in [0.05, 0.1) is 12.7 Å². The molecule has 0 spiro atoms. The van der Waals surface area contributed by atoms with Crippen molar-refractivity contribution in [3.8, 4) is 0 Å². The summed E-state index contributed by atoms with van der Waals surface area (Å²) in [7, 11) is 0. The smallest absolute Gasteiger partial charge is 0.0759 e. The number of nitrogens with two attached hydrogens (primary N) is 1. The minimum Gasteiger partial charge on any atom is -0.375 e. The van der Waals surface area contributed by atoms with Gasteiger partial charge in [0.25, 0.3) is 0 Å². The standard InChI is InChI=1S/C9H16N2O/c10-4-8-9-3-7(5-12-9)11(8)6-1-2-6/h6-9H,1-5,10H2. The number of rotatable bonds is 2. The number of ether oxygens (including phenoxy) is 1. The lowest BCUT2D eigenvalue weighted by Gasteiger charge is -2.34. The van der Waals surface area contributed by atoms with Gasteiger partial charge in [-0.25, -0.2) is 0 Å². The molecule has 68 valence electrons. The van der Waals surface area contributed by atoms with Crippen molar-refractivity contribution in [2.24, 2.45) is 5.73 Å². The SMILES string of the molecule is NCC1C2CC(CO2)N1C1CC1. The fourth-order valence-corrected chi connectivity index (χ4v) is 2.79. The summed E-state index contributed by atoms with van der Waals surface area (Å²) >= 11 is 0. The summed E-state index contributed by atoms with van der Waals surface area (Å²) in [6.07, 6.45) is 4.47. The van der Waals surface area contributed by atoms with E-state index in [9.17, 15) is 0 Å². The Morgan fingerprint density at radius 3 is 2.83 bits per heavy atom. The van der Waals surface area contributed by atoms with Crippen LogP contribution in [-0.2, 0) is 4.74 Å². The molecular weight excluding hydrogens is 152 g/mol. The highest BCUT2D eigenvalue weighted by atomic mass is 16.5. The van der Waals surface area contributed by atoms with E-state index in [1.165, 1.54) is 19.3 Å². The fourth-order valence-electron chi connectivity index (χ4n) is 2.79. The molecule has 0 aromatic heterocycles. The maximum atomic E-state index is 5.75. The minimum absolute atomic E-state index is 0.459. The first-order chi connectivity index (χ1) is 5.90. The molecule has 3 unspecified atom stereocenters. The zero-order valence-electron chi connectivity index (χ0n) is 7.28. The Balaban J connectivity index is 1.80. The van der Waals surface area contributed by atoms with Gasteiger partial charge in [0.15, 0.2) is 0 Å². The lowest BCUT2D eigenvalue weighted by Crippen LogP contribution is -2.50. The average Bonchev–Trinajstić information content (AvgIpc) is 2.74. The molecule has 3 heteroatoms. The molecule has 0 aromatic rings. The third-order valence-corrected chi connectivity index (χ3v) is 3.45. The van der Waals surface area contributed by atoms with Crippen molar-refractivity contribution in [2.75, 3.05) is 13.2 Å². The Morgan fingerprint density at radius 2 is 2.17 bits per heavy atom. The third kappa shape index (κ3) is 0.873. The van der Waals surface area contributed by atoms with E-state index in [4.69, 9.17) is 10.5 Å². The first-order valence-electron chi connectivity index (χ1n) is 4.99. The van der Waals surface area contributed by atoms with E-state index in [1.807, 2.05) is 0 Å². The summed E-state index contributed by atoms with van der Waals surface area (Å²) in [5.74, 6) is 0. The molecule has 2 saturated heterocycles. The summed E-state index contributed by atoms with van der Waals surface area (Å²) in [6.45, 7) is 1.73. The topological polar surface area (TPSA) is 38.5 Å². The van der Waals surface area contributed by atoms with Crippen LogP contribution in [0.5, 0.6) is 0 Å². The van der Waals surface area contributed by atoms with Crippen LogP contribution in [0.1, 0.15) is 19.3 Å². The van der Waals surface area contributed by atoms with Gasteiger partial charge < -0.3 is 10.5 Å². The Labute approximate surface area is 72.9 Å². The molecular formula is C9H16N2O. The van der Waals surface area contributed by atoms with Crippen LogP contribution in [0.15, 0.2) is 0 Å². The molecule has 3 nitrogen and oxygen atoms in total. The number of morpholine rings is 1. The summed E-state index contributed by atoms with van der Waals surface area (Å²) < 4.78 is 5.64. The molecule has 3 aliphatic rings. The van der Waals surface area contributed by atoms with E-state index in [0.717, 1.165) is 19.2 Å². The van der Waals surface area contributed by atoms with Crippen LogP contribution in [0.2, 0.25) is 0 Å². The lowest BCUT2D eigenvalue weighted by molar-refractivity contribution is -0.0149. The average molecular weight is 168 g/mol. The van der Waals surface area contributed by atoms with Gasteiger partial charge in [-0.2, -0.15) is 0 Å². The van der Waals surface area contributed by atoms with E-state index >= 15 is 0 Å². The van der Waals surface area contributed by atoms with Crippen molar-refractivity contribution in [1.82, 2.24) is 4.90 Å². The molecule has 1 aliphatic carbocycles. The second-order valence-corrected chi connectivity index (χ2v) is 4.24. The van der Waals surface area contributed by atoms with E-state index in [-0.39, 0.29) is 0 Å². The predicted octanol–water partition coefficient (Wildman–Crippen LogP) is -0.0508. The number of nitrogens with zero attached hydrogens (tertiary/aromatic N) is 1. The van der Waals surface area contributed by atoms with Crippen LogP contribution in [0, 0.1) is 0 Å². The first-order valence-corrected chi connectivity index (χ1v) is 4.99. The highest BCUT2D eigenvalue weighted by Crippen LogP contribution is 2.41. The molecule has 0 amide bonds. The highest BCUT2D eigenvalue weighted by Gasteiger charge is 2.51. The van der Waals surface area contributed by atoms with Crippen molar-refractivity contribution in [2.45, 2.75) is 43.5 Å². The quantitative estimate of drug-likeness (QED) is 0.628. The van der Waals surface area contributed by atoms with E-state index in [1.54, 1.807) is 0 Å². The van der Waals surface area contributed by atoms with Crippen LogP contribution < -0.4 is 5.73 Å². The van der Waals surface area contributed by atoms with Gasteiger partial charge in [-0.1, -0.05) is 0 Å². The van der Waals surface area contributed by atoms with Gasteiger partial charge in [0.2, 0.25) is 0 Å². The Bertz CT molecular complexity index is 193. The molecule has 2 aliphatic heterocycles. The number of fused-ring (bicyclic) bond motifs is 2. The number of likely N-dealkylation sites (tertiary alicyclic amines) is 1. The maximum Gasteiger partial charge on any atom is 0.0759 e. The van der Waals surface area contributed by atoms with Gasteiger partial charge >= 0.3 is 0 Å². The van der Waals surface area contributed by atoms with Gasteiger partial charge in [-0.05, 0) is 19.3 Å². The van der Waals surface area contributed by atoms with Crippen LogP contribution >= 0.6 is 0 Å². The Kier molecular flexibility index (Phi) is 1.48. The lowest BCUT2D eigenvalue weighted by atomic mass is 10.2. The molecule has 2 bridgehead atoms. The second-order valence-electron chi connectivity index (χ2n) is 4.24. The molecule has 1 saturated carbocycles. The number of hydrogen-bond acceptors (Lipinski definition) is 3. The first kappa shape index (κ1) is 7.30. The van der Waals surface area contributed by atoms with Crippen LogP contribution in [0.4, 0.5) is 0 Å². The van der Waals surface area contributed by atoms with Crippen molar-refractivity contribution in [3.63, 3.8) is 0 Å². The van der Waals surface area contributed by atoms with Crippen molar-refractivity contribution < 1.29 is 4.74 Å². The largest absolute Gasteiger partial charge is 0.375 e. The molecule has 3 rings (SSSR count). The molecule has 2 heterocycles. The van der Waals surface area contributed by atoms with Gasteiger partial charge in [0, 0.05) is 24.7 Å². The zero-order chi connectivity index (χ0) is 8.13. The molecule has 0 aromatic carbocycles. The van der Waals surface area contributed by atoms with E-state index < -0.39 is 0 Å². The molecule has 12 heavy (non-hydrogen) atoms. The summed E-state index contributed by atoms with van der Waals surface area (Å²) in [5, 5.41) is 0. The van der Waals surface area contributed by atoms with Crippen molar-refractivity contribution in [3.05, 3.63) is 0 Å². The highest BCUT2D eigenvalue weighted by molar-refractivity contribution is 5.05. The fraction of sp³-hybridized carbons (Fsp3) is 1.00. The van der Waals surface area contributed by atoms with Crippen LogP contribution in [0.3, 0.4) is 0 Å². The maximum absolute atomic E-state index is 5.75. The predicted molar refractivity (Wildman–Crippen MR) is 45.8 cm³/mol. The van der Waals surface area contributed by atoms with Gasteiger partial charge in [0.1, 0.15) is 0 Å². The summed E-state index contributed by atoms with van der Waals surface area (Å²) in [4.78, 5) is 2.63. The molecule has 3 atom stereocenters. The molecule has 3 fully saturated rings. The van der Waals surface area contributed by atoms with Crippen LogP contribution in [0.25, 0.3) is 0 Å². The monoisotopic (exact) mass is 168 g/mol. The van der Waals surface area contributed by atoms with Crippen molar-refractivity contribution in [1.29, 1.82) is 0 Å². The third-order valence-electron chi connectivity index (χ3n) is 3.45. The zero-order valence-corrected chi connectivity index (χ0v) is 7.28. The Morgan fingerprint density at radius 1 is 1.33 bits per heavy atom. The van der Waals surface area contributed by atoms with Crippen LogP contribution in [-0.4, -0.2) is 42.3 Å². The van der Waals surface area contributed by atoms with Gasteiger partial charge in [-0.15, -0.1) is 0 Å². The van der Waals surface area contributed by atoms with E-state index in [0.29, 0.717) is 18.2 Å². The summed E-state index contributed by atoms with van der Waals surface area (Å²) in [6, 6.07) is 2.10. The van der Waals surface area contributed by atoms with Gasteiger partial charge in [-0.3, -0.25) is 4.90 Å². The second kappa shape index (κ2) is 2.44. The van der Waals surface area contributed by atoms with E-state index in [2.05, 4.69) is 4.90 Å².